The fourth-order valence-electron chi connectivity index (χ4n) is 2.94. The van der Waals surface area contributed by atoms with Gasteiger partial charge in [-0.1, -0.05) is 0 Å². The van der Waals surface area contributed by atoms with Crippen LogP contribution in [0.15, 0.2) is 0 Å². The van der Waals surface area contributed by atoms with E-state index in [1.807, 2.05) is 0 Å². The molecule has 0 atom stereocenters. The molecule has 0 radical (unpaired) electrons. The molecule has 1 aliphatic heterocycles. The van der Waals surface area contributed by atoms with Gasteiger partial charge in [-0.3, -0.25) is 0 Å². The van der Waals surface area contributed by atoms with E-state index in [9.17, 15) is 0 Å². The quantitative estimate of drug-likeness (QED) is 0.854. The van der Waals surface area contributed by atoms with Crippen LogP contribution in [-0.2, 0) is 12.8 Å². The summed E-state index contributed by atoms with van der Waals surface area (Å²) in [5.41, 5.74) is 2.65. The number of anilines is 2. The summed E-state index contributed by atoms with van der Waals surface area (Å²) < 4.78 is 0. The van der Waals surface area contributed by atoms with Crippen molar-refractivity contribution in [2.24, 2.45) is 0 Å². The summed E-state index contributed by atoms with van der Waals surface area (Å²) in [7, 11) is 4.16. The average molecular weight is 261 g/mol. The Labute approximate surface area is 115 Å². The second-order valence-corrected chi connectivity index (χ2v) is 5.61. The van der Waals surface area contributed by atoms with Crippen LogP contribution in [0.5, 0.6) is 0 Å². The Morgan fingerprint density at radius 3 is 2.53 bits per heavy atom. The Kier molecular flexibility index (Phi) is 3.55. The maximum Gasteiger partial charge on any atom is 0.227 e. The maximum absolute atomic E-state index is 4.84. The standard InChI is InChI=1S/C14H23N5/c1-18(2)13-11-5-3-4-6-12(11)16-14(17-13)19-9-7-15-8-10-19/h15H,3-10H2,1-2H3. The molecule has 5 nitrogen and oxygen atoms in total. The smallest absolute Gasteiger partial charge is 0.227 e. The van der Waals surface area contributed by atoms with Gasteiger partial charge in [-0.15, -0.1) is 0 Å². The fraction of sp³-hybridized carbons (Fsp3) is 0.714. The van der Waals surface area contributed by atoms with Gasteiger partial charge < -0.3 is 15.1 Å². The maximum atomic E-state index is 4.84. The van der Waals surface area contributed by atoms with Crippen LogP contribution in [0.25, 0.3) is 0 Å². The van der Waals surface area contributed by atoms with Gasteiger partial charge in [0.2, 0.25) is 5.95 Å². The lowest BCUT2D eigenvalue weighted by molar-refractivity contribution is 0.575. The minimum absolute atomic E-state index is 0.922. The van der Waals surface area contributed by atoms with E-state index in [-0.39, 0.29) is 0 Å². The topological polar surface area (TPSA) is 44.3 Å². The van der Waals surface area contributed by atoms with E-state index in [2.05, 4.69) is 29.2 Å². The molecule has 0 saturated carbocycles. The predicted octanol–water partition coefficient (Wildman–Crippen LogP) is 0.831. The van der Waals surface area contributed by atoms with Gasteiger partial charge in [-0.25, -0.2) is 4.98 Å². The number of piperazine rings is 1. The fourth-order valence-corrected chi connectivity index (χ4v) is 2.94. The Bertz CT molecular complexity index is 451. The molecule has 3 rings (SSSR count). The Balaban J connectivity index is 1.98. The lowest BCUT2D eigenvalue weighted by atomic mass is 9.96. The van der Waals surface area contributed by atoms with E-state index in [1.54, 1.807) is 0 Å². The molecule has 2 aliphatic rings. The third kappa shape index (κ3) is 2.52. The second-order valence-electron chi connectivity index (χ2n) is 5.61. The highest BCUT2D eigenvalue weighted by atomic mass is 15.3. The molecule has 1 saturated heterocycles. The van der Waals surface area contributed by atoms with Gasteiger partial charge in [0.25, 0.3) is 0 Å². The molecular formula is C14H23N5. The van der Waals surface area contributed by atoms with Crippen LogP contribution in [0.3, 0.4) is 0 Å². The molecule has 0 unspecified atom stereocenters. The van der Waals surface area contributed by atoms with Crippen LogP contribution in [0, 0.1) is 0 Å². The monoisotopic (exact) mass is 261 g/mol. The van der Waals surface area contributed by atoms with Gasteiger partial charge in [-0.05, 0) is 25.7 Å². The van der Waals surface area contributed by atoms with E-state index < -0.39 is 0 Å². The van der Waals surface area contributed by atoms with Gasteiger partial charge in [0, 0.05) is 45.8 Å². The van der Waals surface area contributed by atoms with Crippen molar-refractivity contribution in [2.75, 3.05) is 50.1 Å². The summed E-state index contributed by atoms with van der Waals surface area (Å²) in [6, 6.07) is 0. The molecule has 1 N–H and O–H groups in total. The van der Waals surface area contributed by atoms with Gasteiger partial charge in [-0.2, -0.15) is 4.98 Å². The third-order valence-corrected chi connectivity index (χ3v) is 3.97. The Morgan fingerprint density at radius 2 is 1.79 bits per heavy atom. The minimum Gasteiger partial charge on any atom is -0.362 e. The number of aryl methyl sites for hydroxylation is 1. The minimum atomic E-state index is 0.922. The molecule has 1 aromatic rings. The number of fused-ring (bicyclic) bond motifs is 1. The van der Waals surface area contributed by atoms with Crippen LogP contribution in [0.2, 0.25) is 0 Å². The molecule has 1 aliphatic carbocycles. The van der Waals surface area contributed by atoms with Crippen LogP contribution >= 0.6 is 0 Å². The Hall–Kier alpha value is -1.36. The van der Waals surface area contributed by atoms with Crippen molar-refractivity contribution in [1.29, 1.82) is 0 Å². The summed E-state index contributed by atoms with van der Waals surface area (Å²) in [6.07, 6.45) is 4.77. The highest BCUT2D eigenvalue weighted by Gasteiger charge is 2.21. The largest absolute Gasteiger partial charge is 0.362 e. The number of hydrogen-bond donors (Lipinski definition) is 1. The van der Waals surface area contributed by atoms with Crippen molar-refractivity contribution in [3.05, 3.63) is 11.3 Å². The lowest BCUT2D eigenvalue weighted by Gasteiger charge is -2.30. The molecule has 0 amide bonds. The summed E-state index contributed by atoms with van der Waals surface area (Å²) in [6.45, 7) is 4.06. The highest BCUT2D eigenvalue weighted by Crippen LogP contribution is 2.29. The lowest BCUT2D eigenvalue weighted by Crippen LogP contribution is -2.44. The molecule has 104 valence electrons. The molecule has 0 bridgehead atoms. The summed E-state index contributed by atoms with van der Waals surface area (Å²) in [5, 5.41) is 3.38. The first-order chi connectivity index (χ1) is 9.25. The van der Waals surface area contributed by atoms with Crippen LogP contribution in [0.1, 0.15) is 24.1 Å². The van der Waals surface area contributed by atoms with Crippen LogP contribution in [0.4, 0.5) is 11.8 Å². The number of rotatable bonds is 2. The summed E-state index contributed by atoms with van der Waals surface area (Å²) in [5.74, 6) is 2.05. The van der Waals surface area contributed by atoms with Crippen molar-refractivity contribution in [1.82, 2.24) is 15.3 Å². The van der Waals surface area contributed by atoms with Crippen molar-refractivity contribution in [3.63, 3.8) is 0 Å². The molecule has 19 heavy (non-hydrogen) atoms. The van der Waals surface area contributed by atoms with Gasteiger partial charge in [0.15, 0.2) is 0 Å². The van der Waals surface area contributed by atoms with Crippen LogP contribution in [-0.4, -0.2) is 50.2 Å². The first kappa shape index (κ1) is 12.7. The number of nitrogens with zero attached hydrogens (tertiary/aromatic N) is 4. The third-order valence-electron chi connectivity index (χ3n) is 3.97. The molecule has 0 aromatic carbocycles. The van der Waals surface area contributed by atoms with E-state index in [4.69, 9.17) is 9.97 Å². The van der Waals surface area contributed by atoms with Gasteiger partial charge in [0.05, 0.1) is 5.69 Å². The highest BCUT2D eigenvalue weighted by molar-refractivity contribution is 5.53. The first-order valence-corrected chi connectivity index (χ1v) is 7.28. The van der Waals surface area contributed by atoms with Crippen molar-refractivity contribution in [2.45, 2.75) is 25.7 Å². The summed E-state index contributed by atoms with van der Waals surface area (Å²) in [4.78, 5) is 14.1. The van der Waals surface area contributed by atoms with Crippen molar-refractivity contribution < 1.29 is 0 Å². The van der Waals surface area contributed by atoms with Crippen molar-refractivity contribution >= 4 is 11.8 Å². The average Bonchev–Trinajstić information content (AvgIpc) is 2.47. The van der Waals surface area contributed by atoms with E-state index in [1.165, 1.54) is 24.1 Å². The molecule has 0 spiro atoms. The number of hydrogen-bond acceptors (Lipinski definition) is 5. The van der Waals surface area contributed by atoms with E-state index >= 15 is 0 Å². The first-order valence-electron chi connectivity index (χ1n) is 7.28. The zero-order valence-corrected chi connectivity index (χ0v) is 11.9. The summed E-state index contributed by atoms with van der Waals surface area (Å²) >= 11 is 0. The number of nitrogens with one attached hydrogen (secondary N) is 1. The Morgan fingerprint density at radius 1 is 1.05 bits per heavy atom. The SMILES string of the molecule is CN(C)c1nc(N2CCNCC2)nc2c1CCCC2. The molecule has 5 heteroatoms. The van der Waals surface area contributed by atoms with Gasteiger partial charge in [0.1, 0.15) is 5.82 Å². The zero-order chi connectivity index (χ0) is 13.2. The van der Waals surface area contributed by atoms with E-state index in [0.29, 0.717) is 0 Å². The molecule has 2 heterocycles. The normalized spacial score (nSPS) is 19.2. The molecule has 1 aromatic heterocycles. The van der Waals surface area contributed by atoms with Crippen LogP contribution < -0.4 is 15.1 Å². The van der Waals surface area contributed by atoms with E-state index in [0.717, 1.165) is 50.8 Å². The molecule has 1 fully saturated rings. The zero-order valence-electron chi connectivity index (χ0n) is 11.9. The van der Waals surface area contributed by atoms with Gasteiger partial charge >= 0.3 is 0 Å². The van der Waals surface area contributed by atoms with Crippen molar-refractivity contribution in [3.8, 4) is 0 Å². The second kappa shape index (κ2) is 5.33. The molecular weight excluding hydrogens is 238 g/mol. The predicted molar refractivity (Wildman–Crippen MR) is 78.1 cm³/mol. The number of aromatic nitrogens is 2.